The predicted molar refractivity (Wildman–Crippen MR) is 155 cm³/mol. The van der Waals surface area contributed by atoms with Crippen molar-refractivity contribution in [3.05, 3.63) is 64.7 Å². The van der Waals surface area contributed by atoms with Crippen molar-refractivity contribution < 1.29 is 18.0 Å². The Labute approximate surface area is 240 Å². The van der Waals surface area contributed by atoms with Gasteiger partial charge in [0.15, 0.2) is 0 Å². The Morgan fingerprint density at radius 3 is 2.37 bits per heavy atom. The molecular formula is C31H39F3N6O. The Balaban J connectivity index is 0.000000298. The molecular weight excluding hydrogens is 529 g/mol. The number of para-hydroxylation sites is 1. The van der Waals surface area contributed by atoms with E-state index in [0.717, 1.165) is 44.1 Å². The minimum Gasteiger partial charge on any atom is -0.370 e. The molecule has 0 spiro atoms. The number of aldehydes is 1. The van der Waals surface area contributed by atoms with Crippen LogP contribution < -0.4 is 10.2 Å². The van der Waals surface area contributed by atoms with Crippen molar-refractivity contribution in [2.24, 2.45) is 11.8 Å². The lowest BCUT2D eigenvalue weighted by molar-refractivity contribution is -0.138. The van der Waals surface area contributed by atoms with Crippen LogP contribution >= 0.6 is 0 Å². The number of halogens is 3. The van der Waals surface area contributed by atoms with Crippen LogP contribution in [0, 0.1) is 34.0 Å². The summed E-state index contributed by atoms with van der Waals surface area (Å²) in [6, 6.07) is 14.1. The Morgan fingerprint density at radius 2 is 1.85 bits per heavy atom. The van der Waals surface area contributed by atoms with Crippen molar-refractivity contribution in [3.63, 3.8) is 0 Å². The fourth-order valence-corrected chi connectivity index (χ4v) is 5.11. The van der Waals surface area contributed by atoms with Crippen LogP contribution in [0.25, 0.3) is 0 Å². The van der Waals surface area contributed by atoms with E-state index in [2.05, 4.69) is 18.3 Å². The summed E-state index contributed by atoms with van der Waals surface area (Å²) in [5.41, 5.74) is 0.604. The Bertz CT molecular complexity index is 1250. The van der Waals surface area contributed by atoms with Gasteiger partial charge in [0.25, 0.3) is 0 Å². The fraction of sp³-hybridized carbons (Fsp3) is 0.484. The molecule has 7 nitrogen and oxygen atoms in total. The second kappa shape index (κ2) is 13.8. The molecule has 2 aromatic rings. The first kappa shape index (κ1) is 31.8. The third-order valence-electron chi connectivity index (χ3n) is 8.06. The summed E-state index contributed by atoms with van der Waals surface area (Å²) in [5, 5.41) is 26.4. The first-order valence-electron chi connectivity index (χ1n) is 13.8. The first-order valence-corrected chi connectivity index (χ1v) is 13.8. The maximum absolute atomic E-state index is 13.8. The van der Waals surface area contributed by atoms with Crippen molar-refractivity contribution >= 4 is 24.1 Å². The average molecular weight is 569 g/mol. The number of rotatable bonds is 10. The maximum Gasteiger partial charge on any atom is 0.416 e. The zero-order chi connectivity index (χ0) is 30.2. The fourth-order valence-electron chi connectivity index (χ4n) is 5.11. The molecule has 0 bridgehead atoms. The molecule has 2 aromatic carbocycles. The lowest BCUT2D eigenvalue weighted by atomic mass is 9.74. The molecule has 10 heteroatoms. The minimum absolute atomic E-state index is 0.00163. The molecule has 0 aliphatic heterocycles. The third-order valence-corrected chi connectivity index (χ3v) is 8.06. The van der Waals surface area contributed by atoms with Crippen molar-refractivity contribution in [1.82, 2.24) is 10.2 Å². The number of benzene rings is 2. The van der Waals surface area contributed by atoms with Gasteiger partial charge in [-0.2, -0.15) is 18.4 Å². The highest BCUT2D eigenvalue weighted by Crippen LogP contribution is 2.37. The number of nitriles is 1. The normalized spacial score (nSPS) is 18.9. The standard InChI is InChI=1S/C22H25F3N2O.C9H14N4/c1-21(9-6-10-21)26-13-16-11-17(15-28)19(20(12-16)22(23,24)25)14-27(2)18-7-4-3-5-8-18;1-13(6-11)9(12)4-7-2-8(3-7)5-10/h3-5,7-8,11-12,15,26H,6,9-10,13-14H2,1-2H3;6-8,11-12H,2-4H2,1H3. The van der Waals surface area contributed by atoms with Gasteiger partial charge in [0.1, 0.15) is 12.1 Å². The average Bonchev–Trinajstić information content (AvgIpc) is 2.92. The quantitative estimate of drug-likeness (QED) is 0.169. The van der Waals surface area contributed by atoms with Gasteiger partial charge in [-0.05, 0) is 80.3 Å². The highest BCUT2D eigenvalue weighted by Gasteiger charge is 2.36. The van der Waals surface area contributed by atoms with Crippen LogP contribution in [-0.4, -0.2) is 43.0 Å². The van der Waals surface area contributed by atoms with Crippen LogP contribution in [0.4, 0.5) is 18.9 Å². The molecule has 41 heavy (non-hydrogen) atoms. The molecule has 0 heterocycles. The molecule has 220 valence electrons. The van der Waals surface area contributed by atoms with Crippen molar-refractivity contribution in [2.45, 2.75) is 70.3 Å². The third kappa shape index (κ3) is 8.64. The Morgan fingerprint density at radius 1 is 1.20 bits per heavy atom. The van der Waals surface area contributed by atoms with E-state index in [-0.39, 0.29) is 29.1 Å². The van der Waals surface area contributed by atoms with Crippen LogP contribution in [0.5, 0.6) is 0 Å². The van der Waals surface area contributed by atoms with E-state index < -0.39 is 11.7 Å². The lowest BCUT2D eigenvalue weighted by Gasteiger charge is -2.39. The number of anilines is 1. The molecule has 3 N–H and O–H groups in total. The monoisotopic (exact) mass is 568 g/mol. The van der Waals surface area contributed by atoms with Crippen LogP contribution in [0.15, 0.2) is 42.5 Å². The number of carbonyl (C=O) groups is 1. The van der Waals surface area contributed by atoms with E-state index in [4.69, 9.17) is 16.1 Å². The summed E-state index contributed by atoms with van der Waals surface area (Å²) in [4.78, 5) is 14.9. The Hall–Kier alpha value is -3.71. The second-order valence-electron chi connectivity index (χ2n) is 11.3. The number of alkyl halides is 3. The van der Waals surface area contributed by atoms with Crippen LogP contribution in [0.2, 0.25) is 0 Å². The van der Waals surface area contributed by atoms with Crippen molar-refractivity contribution in [1.29, 1.82) is 16.1 Å². The molecule has 0 radical (unpaired) electrons. The van der Waals surface area contributed by atoms with Gasteiger partial charge in [-0.25, -0.2) is 0 Å². The first-order chi connectivity index (χ1) is 19.4. The van der Waals surface area contributed by atoms with Gasteiger partial charge in [0, 0.05) is 56.3 Å². The molecule has 2 saturated carbocycles. The Kier molecular flexibility index (Phi) is 10.7. The smallest absolute Gasteiger partial charge is 0.370 e. The van der Waals surface area contributed by atoms with E-state index in [0.29, 0.717) is 36.6 Å². The number of nitrogens with one attached hydrogen (secondary N) is 3. The largest absolute Gasteiger partial charge is 0.416 e. The predicted octanol–water partition coefficient (Wildman–Crippen LogP) is 6.63. The summed E-state index contributed by atoms with van der Waals surface area (Å²) in [6.45, 7) is 2.39. The highest BCUT2D eigenvalue weighted by molar-refractivity contribution is 5.88. The van der Waals surface area contributed by atoms with E-state index in [1.807, 2.05) is 30.3 Å². The maximum atomic E-state index is 13.8. The number of nitrogens with zero attached hydrogens (tertiary/aromatic N) is 3. The van der Waals surface area contributed by atoms with Crippen molar-refractivity contribution in [3.8, 4) is 6.07 Å². The molecule has 2 fully saturated rings. The summed E-state index contributed by atoms with van der Waals surface area (Å²) in [5.74, 6) is 1.17. The molecule has 0 atom stereocenters. The number of carbonyl (C=O) groups excluding carboxylic acids is 1. The van der Waals surface area contributed by atoms with Crippen molar-refractivity contribution in [2.75, 3.05) is 19.0 Å². The lowest BCUT2D eigenvalue weighted by Crippen LogP contribution is -2.47. The van der Waals surface area contributed by atoms with Gasteiger partial charge in [0.2, 0.25) is 0 Å². The molecule has 4 rings (SSSR count). The highest BCUT2D eigenvalue weighted by atomic mass is 19.4. The van der Waals surface area contributed by atoms with E-state index in [1.54, 1.807) is 25.1 Å². The zero-order valence-electron chi connectivity index (χ0n) is 23.9. The van der Waals surface area contributed by atoms with Gasteiger partial charge in [-0.3, -0.25) is 15.6 Å². The van der Waals surface area contributed by atoms with E-state index in [1.165, 1.54) is 11.0 Å². The molecule has 0 saturated heterocycles. The van der Waals surface area contributed by atoms with E-state index in [9.17, 15) is 18.0 Å². The van der Waals surface area contributed by atoms with Gasteiger partial charge >= 0.3 is 6.18 Å². The zero-order valence-corrected chi connectivity index (χ0v) is 23.9. The number of hydrogen-bond acceptors (Lipinski definition) is 6. The van der Waals surface area contributed by atoms with Gasteiger partial charge in [-0.1, -0.05) is 18.2 Å². The number of amidine groups is 1. The topological polar surface area (TPSA) is 107 Å². The molecule has 2 aliphatic rings. The van der Waals surface area contributed by atoms with Gasteiger partial charge < -0.3 is 15.1 Å². The number of hydrogen-bond donors (Lipinski definition) is 3. The van der Waals surface area contributed by atoms with Crippen LogP contribution in [-0.2, 0) is 19.3 Å². The summed E-state index contributed by atoms with van der Waals surface area (Å²) >= 11 is 0. The summed E-state index contributed by atoms with van der Waals surface area (Å²) < 4.78 is 41.4. The van der Waals surface area contributed by atoms with Crippen LogP contribution in [0.3, 0.4) is 0 Å². The van der Waals surface area contributed by atoms with E-state index >= 15 is 0 Å². The molecule has 0 unspecified atom stereocenters. The van der Waals surface area contributed by atoms with Crippen LogP contribution in [0.1, 0.15) is 72.5 Å². The molecule has 0 aromatic heterocycles. The van der Waals surface area contributed by atoms with Gasteiger partial charge in [-0.15, -0.1) is 0 Å². The second-order valence-corrected chi connectivity index (χ2v) is 11.3. The summed E-state index contributed by atoms with van der Waals surface area (Å²) in [7, 11) is 3.42. The minimum atomic E-state index is -4.53. The molecule has 0 amide bonds. The summed E-state index contributed by atoms with van der Waals surface area (Å²) in [6.07, 6.45) is 2.84. The molecule has 2 aliphatic carbocycles. The van der Waals surface area contributed by atoms with Gasteiger partial charge in [0.05, 0.1) is 18.0 Å². The SMILES string of the molecule is CN(C=N)C(=N)CC1CC(C#N)C1.CN(Cc1c(C=O)cc(CNC2(C)CCC2)cc1C(F)(F)F)c1ccccc1.